The first-order chi connectivity index (χ1) is 7.26. The minimum atomic E-state index is -0.843. The molecular formula is C12H25NO3. The first-order valence-electron chi connectivity index (χ1n) is 5.90. The average molecular weight is 231 g/mol. The van der Waals surface area contributed by atoms with E-state index in [-0.39, 0.29) is 5.41 Å². The van der Waals surface area contributed by atoms with Crippen LogP contribution in [0.1, 0.15) is 47.0 Å². The zero-order valence-corrected chi connectivity index (χ0v) is 10.8. The van der Waals surface area contributed by atoms with E-state index < -0.39 is 18.1 Å². The Hall–Kier alpha value is -0.610. The Morgan fingerprint density at radius 1 is 1.38 bits per heavy atom. The van der Waals surface area contributed by atoms with E-state index in [2.05, 4.69) is 26.1 Å². The van der Waals surface area contributed by atoms with Gasteiger partial charge in [0.2, 0.25) is 0 Å². The summed E-state index contributed by atoms with van der Waals surface area (Å²) in [7, 11) is 0. The molecule has 2 unspecified atom stereocenters. The van der Waals surface area contributed by atoms with E-state index in [0.717, 1.165) is 6.42 Å². The highest BCUT2D eigenvalue weighted by molar-refractivity contribution is 5.73. The predicted molar refractivity (Wildman–Crippen MR) is 64.4 cm³/mol. The van der Waals surface area contributed by atoms with E-state index >= 15 is 0 Å². The number of rotatable bonds is 7. The molecule has 3 N–H and O–H groups in total. The minimum Gasteiger partial charge on any atom is -0.480 e. The van der Waals surface area contributed by atoms with Crippen LogP contribution in [-0.2, 0) is 4.79 Å². The summed E-state index contributed by atoms with van der Waals surface area (Å²) in [4.78, 5) is 10.8. The van der Waals surface area contributed by atoms with Crippen molar-refractivity contribution in [3.8, 4) is 0 Å². The van der Waals surface area contributed by atoms with Crippen molar-refractivity contribution in [3.05, 3.63) is 0 Å². The first-order valence-corrected chi connectivity index (χ1v) is 5.90. The lowest BCUT2D eigenvalue weighted by Gasteiger charge is -2.23. The number of carboxylic acid groups (broad SMARTS) is 1. The van der Waals surface area contributed by atoms with Gasteiger partial charge in [-0.25, -0.2) is 0 Å². The fourth-order valence-corrected chi connectivity index (χ4v) is 1.66. The summed E-state index contributed by atoms with van der Waals surface area (Å²) in [5, 5.41) is 21.5. The molecule has 0 amide bonds. The third kappa shape index (κ3) is 7.65. The van der Waals surface area contributed by atoms with E-state index in [9.17, 15) is 9.90 Å². The van der Waals surface area contributed by atoms with Crippen LogP contribution in [0.15, 0.2) is 0 Å². The highest BCUT2D eigenvalue weighted by Crippen LogP contribution is 2.20. The van der Waals surface area contributed by atoms with Gasteiger partial charge >= 0.3 is 5.97 Å². The lowest BCUT2D eigenvalue weighted by atomic mass is 9.89. The molecule has 0 aromatic carbocycles. The van der Waals surface area contributed by atoms with Gasteiger partial charge in [0.05, 0.1) is 6.10 Å². The van der Waals surface area contributed by atoms with E-state index in [4.69, 9.17) is 5.11 Å². The van der Waals surface area contributed by atoms with Crippen molar-refractivity contribution in [3.63, 3.8) is 0 Å². The molecule has 0 saturated carbocycles. The van der Waals surface area contributed by atoms with Crippen molar-refractivity contribution in [2.75, 3.05) is 6.54 Å². The van der Waals surface area contributed by atoms with Gasteiger partial charge < -0.3 is 15.5 Å². The summed E-state index contributed by atoms with van der Waals surface area (Å²) in [6.07, 6.45) is 1.59. The second-order valence-corrected chi connectivity index (χ2v) is 5.51. The maximum Gasteiger partial charge on any atom is 0.320 e. The van der Waals surface area contributed by atoms with Crippen LogP contribution in [0.4, 0.5) is 0 Å². The van der Waals surface area contributed by atoms with Gasteiger partial charge in [-0.05, 0) is 18.3 Å². The maximum atomic E-state index is 10.8. The summed E-state index contributed by atoms with van der Waals surface area (Å²) in [5.41, 5.74) is 0.0601. The van der Waals surface area contributed by atoms with Crippen LogP contribution in [0, 0.1) is 5.41 Å². The van der Waals surface area contributed by atoms with Crippen LogP contribution in [-0.4, -0.2) is 34.9 Å². The monoisotopic (exact) mass is 231 g/mol. The second-order valence-electron chi connectivity index (χ2n) is 5.51. The predicted octanol–water partition coefficient (Wildman–Crippen LogP) is 1.63. The van der Waals surface area contributed by atoms with E-state index in [1.165, 1.54) is 0 Å². The van der Waals surface area contributed by atoms with Crippen LogP contribution in [0.3, 0.4) is 0 Å². The van der Waals surface area contributed by atoms with Crippen LogP contribution in [0.2, 0.25) is 0 Å². The van der Waals surface area contributed by atoms with Gasteiger partial charge in [0.1, 0.15) is 6.04 Å². The zero-order chi connectivity index (χ0) is 12.8. The maximum absolute atomic E-state index is 10.8. The van der Waals surface area contributed by atoms with Crippen molar-refractivity contribution in [2.24, 2.45) is 5.41 Å². The molecular weight excluding hydrogens is 206 g/mol. The molecule has 0 aliphatic heterocycles. The van der Waals surface area contributed by atoms with Gasteiger partial charge in [-0.15, -0.1) is 0 Å². The van der Waals surface area contributed by atoms with Crippen molar-refractivity contribution >= 4 is 5.97 Å². The summed E-state index contributed by atoms with van der Waals surface area (Å²) in [6.45, 7) is 8.45. The standard InChI is InChI=1S/C12H25NO3/c1-5-6-10(11(15)16)13-8-9(14)7-12(2,3)4/h9-10,13-14H,5-8H2,1-4H3,(H,15,16). The largest absolute Gasteiger partial charge is 0.480 e. The molecule has 0 aromatic rings. The van der Waals surface area contributed by atoms with Crippen LogP contribution >= 0.6 is 0 Å². The lowest BCUT2D eigenvalue weighted by molar-refractivity contribution is -0.139. The molecule has 2 atom stereocenters. The number of nitrogens with one attached hydrogen (secondary N) is 1. The average Bonchev–Trinajstić information content (AvgIpc) is 2.08. The fraction of sp³-hybridized carbons (Fsp3) is 0.917. The van der Waals surface area contributed by atoms with Crippen molar-refractivity contribution in [1.29, 1.82) is 0 Å². The molecule has 0 aromatic heterocycles. The molecule has 0 spiro atoms. The molecule has 4 heteroatoms. The summed E-state index contributed by atoms with van der Waals surface area (Å²) >= 11 is 0. The van der Waals surface area contributed by atoms with E-state index in [1.54, 1.807) is 0 Å². The zero-order valence-electron chi connectivity index (χ0n) is 10.8. The molecule has 0 bridgehead atoms. The molecule has 0 radical (unpaired) electrons. The quantitative estimate of drug-likeness (QED) is 0.623. The van der Waals surface area contributed by atoms with Crippen molar-refractivity contribution in [2.45, 2.75) is 59.1 Å². The normalized spacial score (nSPS) is 15.8. The molecule has 16 heavy (non-hydrogen) atoms. The van der Waals surface area contributed by atoms with Crippen molar-refractivity contribution in [1.82, 2.24) is 5.32 Å². The Balaban J connectivity index is 3.96. The highest BCUT2D eigenvalue weighted by Gasteiger charge is 2.20. The van der Waals surface area contributed by atoms with Crippen LogP contribution < -0.4 is 5.32 Å². The van der Waals surface area contributed by atoms with Gasteiger partial charge in [-0.1, -0.05) is 34.1 Å². The van der Waals surface area contributed by atoms with Gasteiger partial charge in [-0.3, -0.25) is 4.79 Å². The Labute approximate surface area is 98.1 Å². The number of aliphatic hydroxyl groups excluding tert-OH is 1. The summed E-state index contributed by atoms with van der Waals surface area (Å²) in [6, 6.07) is -0.542. The van der Waals surface area contributed by atoms with Crippen LogP contribution in [0.25, 0.3) is 0 Å². The highest BCUT2D eigenvalue weighted by atomic mass is 16.4. The Kier molecular flexibility index (Phi) is 6.60. The Bertz CT molecular complexity index is 211. The first kappa shape index (κ1) is 15.4. The molecule has 4 nitrogen and oxygen atoms in total. The third-order valence-corrected chi connectivity index (χ3v) is 2.32. The summed E-state index contributed by atoms with van der Waals surface area (Å²) in [5.74, 6) is -0.843. The van der Waals surface area contributed by atoms with Gasteiger partial charge in [0.25, 0.3) is 0 Å². The SMILES string of the molecule is CCCC(NCC(O)CC(C)(C)C)C(=O)O. The van der Waals surface area contributed by atoms with E-state index in [1.807, 2.05) is 6.92 Å². The number of aliphatic hydroxyl groups is 1. The molecule has 0 aliphatic rings. The number of carboxylic acids is 1. The van der Waals surface area contributed by atoms with Gasteiger partial charge in [0.15, 0.2) is 0 Å². The molecule has 0 rings (SSSR count). The number of aliphatic carboxylic acids is 1. The van der Waals surface area contributed by atoms with Crippen molar-refractivity contribution < 1.29 is 15.0 Å². The molecule has 0 heterocycles. The number of hydrogen-bond acceptors (Lipinski definition) is 3. The summed E-state index contributed by atoms with van der Waals surface area (Å²) < 4.78 is 0. The van der Waals surface area contributed by atoms with Crippen LogP contribution in [0.5, 0.6) is 0 Å². The van der Waals surface area contributed by atoms with Gasteiger partial charge in [0, 0.05) is 6.54 Å². The topological polar surface area (TPSA) is 69.6 Å². The fourth-order valence-electron chi connectivity index (χ4n) is 1.66. The number of hydrogen-bond donors (Lipinski definition) is 3. The molecule has 96 valence electrons. The minimum absolute atomic E-state index is 0.0601. The van der Waals surface area contributed by atoms with E-state index in [0.29, 0.717) is 19.4 Å². The van der Waals surface area contributed by atoms with Gasteiger partial charge in [-0.2, -0.15) is 0 Å². The lowest BCUT2D eigenvalue weighted by Crippen LogP contribution is -2.41. The molecule has 0 saturated heterocycles. The second kappa shape index (κ2) is 6.86. The molecule has 0 fully saturated rings. The smallest absolute Gasteiger partial charge is 0.320 e. The number of carbonyl (C=O) groups is 1. The molecule has 0 aliphatic carbocycles. The third-order valence-electron chi connectivity index (χ3n) is 2.32. The Morgan fingerprint density at radius 3 is 2.31 bits per heavy atom. The Morgan fingerprint density at radius 2 is 1.94 bits per heavy atom.